The second-order valence-electron chi connectivity index (χ2n) is 5.06. The quantitative estimate of drug-likeness (QED) is 0.592. The summed E-state index contributed by atoms with van der Waals surface area (Å²) in [5.74, 6) is -1.45. The Labute approximate surface area is 142 Å². The minimum absolute atomic E-state index is 0.381. The molecule has 0 bridgehead atoms. The first-order valence-corrected chi connectivity index (χ1v) is 8.09. The summed E-state index contributed by atoms with van der Waals surface area (Å²) >= 11 is 2.03. The van der Waals surface area contributed by atoms with Crippen LogP contribution >= 0.6 is 22.6 Å². The maximum absolute atomic E-state index is 12.2. The third-order valence-corrected chi connectivity index (χ3v) is 4.51. The number of nitrogens with two attached hydrogens (primary N) is 1. The minimum atomic E-state index is -0.600. The molecule has 0 aromatic heterocycles. The minimum Gasteiger partial charge on any atom is -0.452 e. The summed E-state index contributed by atoms with van der Waals surface area (Å²) in [6.07, 6.45) is 2.24. The van der Waals surface area contributed by atoms with Gasteiger partial charge in [-0.25, -0.2) is 4.79 Å². The van der Waals surface area contributed by atoms with Crippen LogP contribution in [0.4, 0.5) is 0 Å². The molecule has 1 heterocycles. The second-order valence-corrected chi connectivity index (χ2v) is 6.22. The van der Waals surface area contributed by atoms with Gasteiger partial charge in [-0.15, -0.1) is 0 Å². The standard InChI is InChI=1S/C15H17IN2O4/c16-11-6-2-1-5-10(11)15(21)22-9-13(19)18-8-4-3-7-12(18)14(17)20/h1-2,5-6,12H,3-4,7-9H2,(H2,17,20)/t12-/m1/s1. The molecule has 1 aromatic rings. The van der Waals surface area contributed by atoms with Crippen LogP contribution in [0.15, 0.2) is 24.3 Å². The number of esters is 1. The lowest BCUT2D eigenvalue weighted by Gasteiger charge is -2.33. The molecule has 6 nitrogen and oxygen atoms in total. The number of likely N-dealkylation sites (tertiary alicyclic amines) is 1. The molecule has 1 saturated heterocycles. The van der Waals surface area contributed by atoms with Crippen LogP contribution in [0, 0.1) is 3.57 Å². The third kappa shape index (κ3) is 3.96. The van der Waals surface area contributed by atoms with Crippen LogP contribution in [0.2, 0.25) is 0 Å². The van der Waals surface area contributed by atoms with Gasteiger partial charge >= 0.3 is 5.97 Å². The van der Waals surface area contributed by atoms with Crippen LogP contribution in [0.3, 0.4) is 0 Å². The van der Waals surface area contributed by atoms with Crippen molar-refractivity contribution >= 4 is 40.4 Å². The number of rotatable bonds is 4. The molecule has 1 aromatic carbocycles. The number of amides is 2. The summed E-state index contributed by atoms with van der Waals surface area (Å²) in [5, 5.41) is 0. The highest BCUT2D eigenvalue weighted by Crippen LogP contribution is 2.17. The van der Waals surface area contributed by atoms with Gasteiger partial charge in [0.1, 0.15) is 6.04 Å². The van der Waals surface area contributed by atoms with Crippen molar-refractivity contribution in [3.63, 3.8) is 0 Å². The molecule has 1 aliphatic heterocycles. The number of ether oxygens (including phenoxy) is 1. The van der Waals surface area contributed by atoms with Gasteiger partial charge in [0.05, 0.1) is 5.56 Å². The number of carbonyl (C=O) groups excluding carboxylic acids is 3. The number of nitrogens with zero attached hydrogens (tertiary/aromatic N) is 1. The van der Waals surface area contributed by atoms with Gasteiger partial charge in [0.15, 0.2) is 6.61 Å². The van der Waals surface area contributed by atoms with E-state index in [0.29, 0.717) is 18.5 Å². The van der Waals surface area contributed by atoms with Crippen molar-refractivity contribution in [2.24, 2.45) is 5.73 Å². The van der Waals surface area contributed by atoms with E-state index < -0.39 is 17.9 Å². The first-order valence-electron chi connectivity index (χ1n) is 7.01. The molecule has 1 atom stereocenters. The van der Waals surface area contributed by atoms with Crippen LogP contribution in [-0.2, 0) is 14.3 Å². The van der Waals surface area contributed by atoms with E-state index in [4.69, 9.17) is 10.5 Å². The maximum Gasteiger partial charge on any atom is 0.339 e. The lowest BCUT2D eigenvalue weighted by Crippen LogP contribution is -2.51. The smallest absolute Gasteiger partial charge is 0.339 e. The topological polar surface area (TPSA) is 89.7 Å². The summed E-state index contributed by atoms with van der Waals surface area (Å²) in [7, 11) is 0. The Morgan fingerprint density at radius 2 is 2.00 bits per heavy atom. The van der Waals surface area contributed by atoms with Gasteiger partial charge in [-0.2, -0.15) is 0 Å². The van der Waals surface area contributed by atoms with Crippen LogP contribution in [-0.4, -0.2) is 41.9 Å². The van der Waals surface area contributed by atoms with E-state index in [0.717, 1.165) is 16.4 Å². The largest absolute Gasteiger partial charge is 0.452 e. The first-order chi connectivity index (χ1) is 10.5. The van der Waals surface area contributed by atoms with Crippen LogP contribution in [0.5, 0.6) is 0 Å². The summed E-state index contributed by atoms with van der Waals surface area (Å²) in [6, 6.07) is 6.37. The molecule has 0 saturated carbocycles. The first kappa shape index (κ1) is 16.7. The van der Waals surface area contributed by atoms with E-state index in [2.05, 4.69) is 0 Å². The highest BCUT2D eigenvalue weighted by molar-refractivity contribution is 14.1. The van der Waals surface area contributed by atoms with Gasteiger partial charge in [0.2, 0.25) is 5.91 Å². The normalized spacial score (nSPS) is 17.9. The van der Waals surface area contributed by atoms with Crippen molar-refractivity contribution < 1.29 is 19.1 Å². The van der Waals surface area contributed by atoms with Gasteiger partial charge < -0.3 is 15.4 Å². The van der Waals surface area contributed by atoms with E-state index in [1.54, 1.807) is 18.2 Å². The molecule has 118 valence electrons. The Kier molecular flexibility index (Phi) is 5.76. The Morgan fingerprint density at radius 1 is 1.27 bits per heavy atom. The van der Waals surface area contributed by atoms with E-state index in [-0.39, 0.29) is 12.5 Å². The van der Waals surface area contributed by atoms with Crippen LogP contribution in [0.1, 0.15) is 29.6 Å². The molecule has 7 heteroatoms. The Morgan fingerprint density at radius 3 is 2.68 bits per heavy atom. The Bertz CT molecular complexity index is 591. The Balaban J connectivity index is 1.96. The molecule has 1 aliphatic rings. The van der Waals surface area contributed by atoms with E-state index in [9.17, 15) is 14.4 Å². The fraction of sp³-hybridized carbons (Fsp3) is 0.400. The lowest BCUT2D eigenvalue weighted by molar-refractivity contribution is -0.143. The van der Waals surface area contributed by atoms with Crippen molar-refractivity contribution in [1.82, 2.24) is 4.90 Å². The predicted octanol–water partition coefficient (Wildman–Crippen LogP) is 1.31. The number of halogens is 1. The number of hydrogen-bond donors (Lipinski definition) is 1. The van der Waals surface area contributed by atoms with Crippen molar-refractivity contribution in [2.75, 3.05) is 13.2 Å². The Hall–Kier alpha value is -1.64. The molecule has 2 amide bonds. The van der Waals surface area contributed by atoms with Crippen molar-refractivity contribution in [1.29, 1.82) is 0 Å². The van der Waals surface area contributed by atoms with E-state index in [1.807, 2.05) is 28.7 Å². The predicted molar refractivity (Wildman–Crippen MR) is 88.0 cm³/mol. The van der Waals surface area contributed by atoms with E-state index >= 15 is 0 Å². The summed E-state index contributed by atoms with van der Waals surface area (Å²) in [4.78, 5) is 37.0. The molecule has 0 radical (unpaired) electrons. The zero-order valence-corrected chi connectivity index (χ0v) is 14.1. The average molecular weight is 416 g/mol. The molecule has 22 heavy (non-hydrogen) atoms. The zero-order valence-electron chi connectivity index (χ0n) is 12.0. The maximum atomic E-state index is 12.2. The average Bonchev–Trinajstić information content (AvgIpc) is 2.52. The molecule has 0 aliphatic carbocycles. The molecule has 2 rings (SSSR count). The van der Waals surface area contributed by atoms with Gasteiger partial charge in [-0.05, 0) is 54.0 Å². The summed E-state index contributed by atoms with van der Waals surface area (Å²) < 4.78 is 5.82. The van der Waals surface area contributed by atoms with Crippen LogP contribution < -0.4 is 5.73 Å². The van der Waals surface area contributed by atoms with E-state index in [1.165, 1.54) is 4.90 Å². The SMILES string of the molecule is NC(=O)[C@H]1CCCCN1C(=O)COC(=O)c1ccccc1I. The van der Waals surface area contributed by atoms with Gasteiger partial charge in [-0.3, -0.25) is 9.59 Å². The van der Waals surface area contributed by atoms with Gasteiger partial charge in [-0.1, -0.05) is 12.1 Å². The molecule has 2 N–H and O–H groups in total. The van der Waals surface area contributed by atoms with Crippen LogP contribution in [0.25, 0.3) is 0 Å². The number of primary amides is 1. The van der Waals surface area contributed by atoms with Crippen molar-refractivity contribution in [3.8, 4) is 0 Å². The fourth-order valence-corrected chi connectivity index (χ4v) is 3.05. The molecule has 1 fully saturated rings. The molecule has 0 unspecified atom stereocenters. The number of carbonyl (C=O) groups is 3. The number of hydrogen-bond acceptors (Lipinski definition) is 4. The molecular formula is C15H17IN2O4. The highest BCUT2D eigenvalue weighted by atomic mass is 127. The monoisotopic (exact) mass is 416 g/mol. The highest BCUT2D eigenvalue weighted by Gasteiger charge is 2.31. The van der Waals surface area contributed by atoms with Crippen molar-refractivity contribution in [2.45, 2.75) is 25.3 Å². The number of benzene rings is 1. The second kappa shape index (κ2) is 7.57. The number of piperidine rings is 1. The van der Waals surface area contributed by atoms with Gasteiger partial charge in [0, 0.05) is 10.1 Å². The fourth-order valence-electron chi connectivity index (χ4n) is 2.44. The lowest BCUT2D eigenvalue weighted by atomic mass is 10.0. The summed E-state index contributed by atoms with van der Waals surface area (Å²) in [5.41, 5.74) is 5.74. The van der Waals surface area contributed by atoms with Gasteiger partial charge in [0.25, 0.3) is 5.91 Å². The third-order valence-electron chi connectivity index (χ3n) is 3.57. The summed E-state index contributed by atoms with van der Waals surface area (Å²) in [6.45, 7) is 0.0838. The molecule has 0 spiro atoms. The van der Waals surface area contributed by atoms with Crippen molar-refractivity contribution in [3.05, 3.63) is 33.4 Å². The molecular weight excluding hydrogens is 399 g/mol. The zero-order chi connectivity index (χ0) is 16.1.